The first-order chi connectivity index (χ1) is 12.7. The number of carbonyl (C=O) groups excluding carboxylic acids is 2. The molecule has 0 aliphatic heterocycles. The van der Waals surface area contributed by atoms with Crippen molar-refractivity contribution in [3.63, 3.8) is 0 Å². The summed E-state index contributed by atoms with van der Waals surface area (Å²) in [6, 6.07) is 10.3. The zero-order valence-electron chi connectivity index (χ0n) is 15.5. The van der Waals surface area contributed by atoms with Crippen LogP contribution in [0.4, 0.5) is 5.69 Å². The first-order valence-electron chi connectivity index (χ1n) is 8.13. The van der Waals surface area contributed by atoms with E-state index >= 15 is 0 Å². The molecule has 0 atom stereocenters. The topological polar surface area (TPSA) is 98.8 Å². The van der Waals surface area contributed by atoms with Crippen LogP contribution in [0.3, 0.4) is 0 Å². The van der Waals surface area contributed by atoms with Crippen molar-refractivity contribution >= 4 is 27.6 Å². The Morgan fingerprint density at radius 2 is 1.52 bits per heavy atom. The van der Waals surface area contributed by atoms with Gasteiger partial charge in [-0.2, -0.15) is 0 Å². The lowest BCUT2D eigenvalue weighted by Crippen LogP contribution is -2.17. The highest BCUT2D eigenvalue weighted by Gasteiger charge is 2.21. The zero-order chi connectivity index (χ0) is 20.2. The molecule has 7 nitrogen and oxygen atoms in total. The average Bonchev–Trinajstić information content (AvgIpc) is 2.66. The number of nitrogens with one attached hydrogen (secondary N) is 1. The number of anilines is 1. The molecule has 2 aromatic rings. The van der Waals surface area contributed by atoms with Gasteiger partial charge in [0.25, 0.3) is 10.0 Å². The second-order valence-electron chi connectivity index (χ2n) is 6.07. The number of hydrogen-bond donors (Lipinski definition) is 1. The number of methoxy groups -OCH3 is 2. The lowest BCUT2D eigenvalue weighted by molar-refractivity contribution is 0.0587. The molecule has 1 N–H and O–H groups in total. The van der Waals surface area contributed by atoms with Crippen LogP contribution in [0.5, 0.6) is 0 Å². The minimum absolute atomic E-state index is 0.0208. The number of esters is 2. The molecule has 27 heavy (non-hydrogen) atoms. The summed E-state index contributed by atoms with van der Waals surface area (Å²) in [5.41, 5.74) is 1.00. The van der Waals surface area contributed by atoms with E-state index in [1.807, 2.05) is 13.8 Å². The smallest absolute Gasteiger partial charge is 0.339 e. The fourth-order valence-corrected chi connectivity index (χ4v) is 3.47. The molecule has 0 aromatic heterocycles. The van der Waals surface area contributed by atoms with E-state index in [2.05, 4.69) is 14.2 Å². The van der Waals surface area contributed by atoms with E-state index in [-0.39, 0.29) is 27.6 Å². The fraction of sp³-hybridized carbons (Fsp3) is 0.263. The monoisotopic (exact) mass is 391 g/mol. The molecule has 0 unspecified atom stereocenters. The second-order valence-corrected chi connectivity index (χ2v) is 7.76. The van der Waals surface area contributed by atoms with Gasteiger partial charge in [-0.1, -0.05) is 26.0 Å². The molecule has 2 rings (SSSR count). The predicted molar refractivity (Wildman–Crippen MR) is 100 cm³/mol. The summed E-state index contributed by atoms with van der Waals surface area (Å²) in [5.74, 6) is -1.13. The van der Waals surface area contributed by atoms with Crippen LogP contribution in [0.2, 0.25) is 0 Å². The third-order valence-corrected chi connectivity index (χ3v) is 5.33. The highest BCUT2D eigenvalue weighted by atomic mass is 32.2. The largest absolute Gasteiger partial charge is 0.465 e. The summed E-state index contributed by atoms with van der Waals surface area (Å²) in [4.78, 5) is 23.7. The molecule has 2 aromatic carbocycles. The van der Waals surface area contributed by atoms with Crippen molar-refractivity contribution < 1.29 is 27.5 Å². The van der Waals surface area contributed by atoms with Crippen molar-refractivity contribution in [3.05, 3.63) is 59.2 Å². The lowest BCUT2D eigenvalue weighted by Gasteiger charge is -2.13. The SMILES string of the molecule is COC(=O)c1ccc(C(=O)OC)c(NS(=O)(=O)c2ccc(C(C)C)cc2)c1. The van der Waals surface area contributed by atoms with E-state index < -0.39 is 22.0 Å². The van der Waals surface area contributed by atoms with Crippen LogP contribution < -0.4 is 4.72 Å². The first kappa shape index (κ1) is 20.4. The number of sulfonamides is 1. The fourth-order valence-electron chi connectivity index (χ4n) is 2.40. The molecule has 0 aliphatic rings. The van der Waals surface area contributed by atoms with Crippen LogP contribution in [0.1, 0.15) is 46.0 Å². The van der Waals surface area contributed by atoms with Gasteiger partial charge >= 0.3 is 11.9 Å². The van der Waals surface area contributed by atoms with Gasteiger partial charge in [-0.3, -0.25) is 4.72 Å². The van der Waals surface area contributed by atoms with Crippen LogP contribution in [0.15, 0.2) is 47.4 Å². The van der Waals surface area contributed by atoms with Crippen molar-refractivity contribution in [1.82, 2.24) is 0 Å². The molecule has 0 bridgehead atoms. The molecule has 0 saturated heterocycles. The molecule has 0 amide bonds. The van der Waals surface area contributed by atoms with Gasteiger partial charge in [0.1, 0.15) is 0 Å². The van der Waals surface area contributed by atoms with Crippen molar-refractivity contribution in [2.75, 3.05) is 18.9 Å². The number of ether oxygens (including phenoxy) is 2. The minimum Gasteiger partial charge on any atom is -0.465 e. The van der Waals surface area contributed by atoms with Crippen molar-refractivity contribution in [2.45, 2.75) is 24.7 Å². The van der Waals surface area contributed by atoms with Crippen LogP contribution >= 0.6 is 0 Å². The van der Waals surface area contributed by atoms with Gasteiger partial charge in [0.15, 0.2) is 0 Å². The summed E-state index contributed by atoms with van der Waals surface area (Å²) >= 11 is 0. The van der Waals surface area contributed by atoms with E-state index in [0.717, 1.165) is 5.56 Å². The Hall–Kier alpha value is -2.87. The Kier molecular flexibility index (Phi) is 6.22. The summed E-state index contributed by atoms with van der Waals surface area (Å²) < 4.78 is 37.1. The molecule has 0 saturated carbocycles. The maximum absolute atomic E-state index is 12.7. The quantitative estimate of drug-likeness (QED) is 0.760. The zero-order valence-corrected chi connectivity index (χ0v) is 16.3. The molecule has 0 aliphatic carbocycles. The maximum atomic E-state index is 12.7. The average molecular weight is 391 g/mol. The Labute approximate surface area is 158 Å². The van der Waals surface area contributed by atoms with Gasteiger partial charge in [-0.25, -0.2) is 18.0 Å². The second kappa shape index (κ2) is 8.22. The van der Waals surface area contributed by atoms with Gasteiger partial charge < -0.3 is 9.47 Å². The summed E-state index contributed by atoms with van der Waals surface area (Å²) in [6.45, 7) is 4.01. The molecule has 0 spiro atoms. The third-order valence-electron chi connectivity index (χ3n) is 3.95. The van der Waals surface area contributed by atoms with Gasteiger partial charge in [-0.05, 0) is 41.8 Å². The van der Waals surface area contributed by atoms with E-state index in [4.69, 9.17) is 0 Å². The minimum atomic E-state index is -3.98. The van der Waals surface area contributed by atoms with Gasteiger partial charge in [-0.15, -0.1) is 0 Å². The Morgan fingerprint density at radius 1 is 0.926 bits per heavy atom. The number of rotatable bonds is 6. The first-order valence-corrected chi connectivity index (χ1v) is 9.61. The van der Waals surface area contributed by atoms with Gasteiger partial charge in [0.05, 0.1) is 35.9 Å². The Morgan fingerprint density at radius 3 is 2.04 bits per heavy atom. The van der Waals surface area contributed by atoms with Crippen molar-refractivity contribution in [2.24, 2.45) is 0 Å². The van der Waals surface area contributed by atoms with Crippen molar-refractivity contribution in [3.8, 4) is 0 Å². The number of hydrogen-bond acceptors (Lipinski definition) is 6. The van der Waals surface area contributed by atoms with Crippen LogP contribution in [-0.2, 0) is 19.5 Å². The lowest BCUT2D eigenvalue weighted by atomic mass is 10.0. The Balaban J connectivity index is 2.46. The molecular formula is C19H21NO6S. The van der Waals surface area contributed by atoms with Crippen LogP contribution in [0, 0.1) is 0 Å². The van der Waals surface area contributed by atoms with Crippen molar-refractivity contribution in [1.29, 1.82) is 0 Å². The van der Waals surface area contributed by atoms with E-state index in [1.165, 1.54) is 44.6 Å². The molecule has 8 heteroatoms. The Bertz CT molecular complexity index is 949. The molecule has 0 radical (unpaired) electrons. The molecule has 0 heterocycles. The summed E-state index contributed by atoms with van der Waals surface area (Å²) in [6.07, 6.45) is 0. The van der Waals surface area contributed by atoms with Gasteiger partial charge in [0, 0.05) is 0 Å². The van der Waals surface area contributed by atoms with Gasteiger partial charge in [0.2, 0.25) is 0 Å². The van der Waals surface area contributed by atoms with Crippen LogP contribution in [-0.4, -0.2) is 34.6 Å². The maximum Gasteiger partial charge on any atom is 0.339 e. The number of carbonyl (C=O) groups is 2. The van der Waals surface area contributed by atoms with E-state index in [0.29, 0.717) is 0 Å². The third kappa shape index (κ3) is 4.65. The summed E-state index contributed by atoms with van der Waals surface area (Å²) in [5, 5.41) is 0. The van der Waals surface area contributed by atoms with E-state index in [9.17, 15) is 18.0 Å². The standard InChI is InChI=1S/C19H21NO6S/c1-12(2)13-5-8-15(9-6-13)27(23,24)20-17-11-14(18(21)25-3)7-10-16(17)19(22)26-4/h5-12,20H,1-4H3. The highest BCUT2D eigenvalue weighted by Crippen LogP contribution is 2.24. The summed E-state index contributed by atoms with van der Waals surface area (Å²) in [7, 11) is -1.59. The number of benzene rings is 2. The van der Waals surface area contributed by atoms with E-state index in [1.54, 1.807) is 12.1 Å². The normalized spacial score (nSPS) is 11.1. The van der Waals surface area contributed by atoms with Crippen LogP contribution in [0.25, 0.3) is 0 Å². The molecule has 144 valence electrons. The molecule has 0 fully saturated rings. The predicted octanol–water partition coefficient (Wildman–Crippen LogP) is 3.18. The molecular weight excluding hydrogens is 370 g/mol. The highest BCUT2D eigenvalue weighted by molar-refractivity contribution is 7.92.